The van der Waals surface area contributed by atoms with Crippen molar-refractivity contribution in [1.82, 2.24) is 9.80 Å². The normalized spacial score (nSPS) is 21.6. The van der Waals surface area contributed by atoms with Gasteiger partial charge in [0.25, 0.3) is 5.91 Å². The number of carbonyl (C=O) groups excluding carboxylic acids is 1. The molecule has 0 spiro atoms. The van der Waals surface area contributed by atoms with E-state index in [2.05, 4.69) is 17.0 Å². The van der Waals surface area contributed by atoms with Gasteiger partial charge in [-0.1, -0.05) is 48.5 Å². The van der Waals surface area contributed by atoms with E-state index in [1.165, 1.54) is 5.56 Å². The quantitative estimate of drug-likeness (QED) is 0.448. The van der Waals surface area contributed by atoms with E-state index in [1.807, 2.05) is 54.3 Å². The zero-order valence-corrected chi connectivity index (χ0v) is 20.5. The Hall–Kier alpha value is -2.76. The maximum atomic E-state index is 13.6. The van der Waals surface area contributed by atoms with Crippen molar-refractivity contribution in [2.75, 3.05) is 45.9 Å². The number of benzene rings is 3. The number of carbonyl (C=O) groups is 1. The summed E-state index contributed by atoms with van der Waals surface area (Å²) >= 11 is 0. The van der Waals surface area contributed by atoms with Crippen LogP contribution in [-0.2, 0) is 4.74 Å². The van der Waals surface area contributed by atoms with Crippen LogP contribution in [0, 0.1) is 17.7 Å². The van der Waals surface area contributed by atoms with Gasteiger partial charge < -0.3 is 14.5 Å². The predicted molar refractivity (Wildman–Crippen MR) is 138 cm³/mol. The Balaban J connectivity index is 1.24. The summed E-state index contributed by atoms with van der Waals surface area (Å²) in [6, 6.07) is 21.1. The van der Waals surface area contributed by atoms with E-state index in [9.17, 15) is 9.18 Å². The molecule has 0 radical (unpaired) electrons. The summed E-state index contributed by atoms with van der Waals surface area (Å²) in [6.07, 6.45) is 2.18. The number of amides is 1. The summed E-state index contributed by atoms with van der Waals surface area (Å²) in [6.45, 7) is 8.03. The Kier molecular flexibility index (Phi) is 7.45. The number of halogens is 1. The third-order valence-electron chi connectivity index (χ3n) is 7.84. The fourth-order valence-electron chi connectivity index (χ4n) is 5.87. The number of hydrogen-bond acceptors (Lipinski definition) is 3. The fraction of sp³-hybridized carbons (Fsp3) is 0.433. The van der Waals surface area contributed by atoms with Crippen LogP contribution in [0.15, 0.2) is 66.7 Å². The van der Waals surface area contributed by atoms with Crippen molar-refractivity contribution in [2.45, 2.75) is 25.7 Å². The van der Waals surface area contributed by atoms with E-state index in [1.54, 1.807) is 12.1 Å². The van der Waals surface area contributed by atoms with Gasteiger partial charge in [0.05, 0.1) is 6.61 Å². The molecular formula is C30H35FN2O2. The first-order chi connectivity index (χ1) is 17.1. The van der Waals surface area contributed by atoms with Gasteiger partial charge in [-0.25, -0.2) is 4.39 Å². The van der Waals surface area contributed by atoms with Crippen LogP contribution in [0.4, 0.5) is 4.39 Å². The summed E-state index contributed by atoms with van der Waals surface area (Å²) in [7, 11) is 0. The topological polar surface area (TPSA) is 32.8 Å². The molecule has 184 valence electrons. The smallest absolute Gasteiger partial charge is 0.254 e. The molecule has 0 aliphatic carbocycles. The van der Waals surface area contributed by atoms with Crippen LogP contribution in [0.1, 0.15) is 41.6 Å². The third-order valence-corrected chi connectivity index (χ3v) is 7.84. The summed E-state index contributed by atoms with van der Waals surface area (Å²) in [5.74, 6) is 1.21. The minimum atomic E-state index is -0.171. The molecule has 0 saturated carbocycles. The minimum Gasteiger partial charge on any atom is -0.381 e. The van der Waals surface area contributed by atoms with Crippen molar-refractivity contribution in [3.8, 4) is 0 Å². The number of nitrogens with zero attached hydrogens (tertiary/aromatic N) is 2. The van der Waals surface area contributed by atoms with Gasteiger partial charge in [0.15, 0.2) is 0 Å². The lowest BCUT2D eigenvalue weighted by atomic mass is 9.88. The molecule has 35 heavy (non-hydrogen) atoms. The fourth-order valence-corrected chi connectivity index (χ4v) is 5.87. The molecule has 1 amide bonds. The van der Waals surface area contributed by atoms with E-state index in [0.717, 1.165) is 61.9 Å². The lowest BCUT2D eigenvalue weighted by Gasteiger charge is -2.34. The molecule has 3 aromatic rings. The highest BCUT2D eigenvalue weighted by molar-refractivity contribution is 6.07. The maximum absolute atomic E-state index is 13.6. The highest BCUT2D eigenvalue weighted by Gasteiger charge is 2.37. The van der Waals surface area contributed by atoms with Crippen LogP contribution in [-0.4, -0.2) is 61.6 Å². The molecule has 0 aromatic heterocycles. The van der Waals surface area contributed by atoms with Crippen molar-refractivity contribution >= 4 is 16.7 Å². The van der Waals surface area contributed by atoms with Crippen molar-refractivity contribution in [2.24, 2.45) is 11.8 Å². The maximum Gasteiger partial charge on any atom is 0.254 e. The number of ether oxygens (including phenoxy) is 1. The molecule has 2 heterocycles. The second kappa shape index (κ2) is 10.9. The average Bonchev–Trinajstić information content (AvgIpc) is 3.30. The number of rotatable bonds is 7. The van der Waals surface area contributed by atoms with E-state index >= 15 is 0 Å². The standard InChI is InChI=1S/C30H35FN2O2/c1-2-35-21-26-20-33(30(34)29-9-5-7-24-6-3-4-8-28(24)29)19-25(26)18-32-16-14-23(15-17-32)22-10-12-27(31)13-11-22/h3-13,23,25-26H,2,14-21H2,1H3. The Labute approximate surface area is 207 Å². The van der Waals surface area contributed by atoms with Crippen LogP contribution in [0.5, 0.6) is 0 Å². The molecule has 0 bridgehead atoms. The number of fused-ring (bicyclic) bond motifs is 1. The zero-order chi connectivity index (χ0) is 24.2. The molecular weight excluding hydrogens is 439 g/mol. The van der Waals surface area contributed by atoms with Gasteiger partial charge in [-0.05, 0) is 79.2 Å². The van der Waals surface area contributed by atoms with Crippen molar-refractivity contribution in [3.63, 3.8) is 0 Å². The van der Waals surface area contributed by atoms with Crippen LogP contribution < -0.4 is 0 Å². The molecule has 2 unspecified atom stereocenters. The molecule has 2 aliphatic heterocycles. The average molecular weight is 475 g/mol. The van der Waals surface area contributed by atoms with Gasteiger partial charge >= 0.3 is 0 Å². The van der Waals surface area contributed by atoms with Crippen LogP contribution in [0.3, 0.4) is 0 Å². The number of likely N-dealkylation sites (tertiary alicyclic amines) is 2. The van der Waals surface area contributed by atoms with Gasteiger partial charge in [0.2, 0.25) is 0 Å². The predicted octanol–water partition coefficient (Wildman–Crippen LogP) is 5.58. The van der Waals surface area contributed by atoms with Gasteiger partial charge in [0, 0.05) is 37.7 Å². The van der Waals surface area contributed by atoms with Gasteiger partial charge in [-0.2, -0.15) is 0 Å². The molecule has 4 nitrogen and oxygen atoms in total. The number of piperidine rings is 1. The lowest BCUT2D eigenvalue weighted by Crippen LogP contribution is -2.39. The molecule has 2 saturated heterocycles. The largest absolute Gasteiger partial charge is 0.381 e. The van der Waals surface area contributed by atoms with Crippen molar-refractivity contribution in [1.29, 1.82) is 0 Å². The van der Waals surface area contributed by atoms with Crippen LogP contribution in [0.2, 0.25) is 0 Å². The van der Waals surface area contributed by atoms with E-state index < -0.39 is 0 Å². The highest BCUT2D eigenvalue weighted by atomic mass is 19.1. The monoisotopic (exact) mass is 474 g/mol. The Morgan fingerprint density at radius 2 is 1.66 bits per heavy atom. The van der Waals surface area contributed by atoms with Crippen LogP contribution in [0.25, 0.3) is 10.8 Å². The Morgan fingerprint density at radius 1 is 0.943 bits per heavy atom. The lowest BCUT2D eigenvalue weighted by molar-refractivity contribution is 0.0760. The first-order valence-corrected chi connectivity index (χ1v) is 12.9. The first-order valence-electron chi connectivity index (χ1n) is 12.9. The van der Waals surface area contributed by atoms with E-state index in [-0.39, 0.29) is 11.7 Å². The highest BCUT2D eigenvalue weighted by Crippen LogP contribution is 2.32. The minimum absolute atomic E-state index is 0.126. The summed E-state index contributed by atoms with van der Waals surface area (Å²) in [5.41, 5.74) is 2.03. The van der Waals surface area contributed by atoms with Gasteiger partial charge in [-0.15, -0.1) is 0 Å². The summed E-state index contributed by atoms with van der Waals surface area (Å²) in [5, 5.41) is 2.12. The first kappa shape index (κ1) is 24.0. The second-order valence-electron chi connectivity index (χ2n) is 10.0. The zero-order valence-electron chi connectivity index (χ0n) is 20.5. The Morgan fingerprint density at radius 3 is 2.43 bits per heavy atom. The molecule has 3 aromatic carbocycles. The van der Waals surface area contributed by atoms with Crippen molar-refractivity contribution < 1.29 is 13.9 Å². The molecule has 0 N–H and O–H groups in total. The SMILES string of the molecule is CCOCC1CN(C(=O)c2cccc3ccccc23)CC1CN1CCC(c2ccc(F)cc2)CC1. The molecule has 2 aliphatic rings. The van der Waals surface area contributed by atoms with E-state index in [4.69, 9.17) is 4.74 Å². The number of hydrogen-bond donors (Lipinski definition) is 0. The van der Waals surface area contributed by atoms with Gasteiger partial charge in [-0.3, -0.25) is 4.79 Å². The summed E-state index contributed by atoms with van der Waals surface area (Å²) < 4.78 is 19.1. The van der Waals surface area contributed by atoms with E-state index in [0.29, 0.717) is 31.0 Å². The van der Waals surface area contributed by atoms with Crippen LogP contribution >= 0.6 is 0 Å². The molecule has 5 heteroatoms. The van der Waals surface area contributed by atoms with Crippen molar-refractivity contribution in [3.05, 3.63) is 83.7 Å². The summed E-state index contributed by atoms with van der Waals surface area (Å²) in [4.78, 5) is 18.2. The third kappa shape index (κ3) is 5.41. The molecule has 5 rings (SSSR count). The Bertz CT molecular complexity index is 1140. The molecule has 2 fully saturated rings. The molecule has 2 atom stereocenters. The van der Waals surface area contributed by atoms with Gasteiger partial charge in [0.1, 0.15) is 5.82 Å². The second-order valence-corrected chi connectivity index (χ2v) is 10.0.